The van der Waals surface area contributed by atoms with Crippen LogP contribution in [0.2, 0.25) is 0 Å². The van der Waals surface area contributed by atoms with Gasteiger partial charge in [0.05, 0.1) is 0 Å². The van der Waals surface area contributed by atoms with Gasteiger partial charge >= 0.3 is 0 Å². The molecule has 23 rings (SSSR count). The van der Waals surface area contributed by atoms with E-state index < -0.39 is 21.7 Å². The second-order valence-electron chi connectivity index (χ2n) is 27.4. The third kappa shape index (κ3) is 11.2. The molecule has 0 bridgehead atoms. The Bertz CT molecular complexity index is 6950. The van der Waals surface area contributed by atoms with Gasteiger partial charge < -0.3 is 4.57 Å². The average molecular weight is 1530 g/mol. The number of halogens is 3. The predicted molar refractivity (Wildman–Crippen MR) is 474 cm³/mol. The lowest BCUT2D eigenvalue weighted by Gasteiger charge is -2.25. The highest BCUT2D eigenvalue weighted by Gasteiger charge is 2.35. The fraction of sp³-hybridized carbons (Fsp3) is 0. The summed E-state index contributed by atoms with van der Waals surface area (Å²) in [6, 6.07) is 131. The molecule has 9 heteroatoms. The van der Waals surface area contributed by atoms with E-state index in [9.17, 15) is 0 Å². The van der Waals surface area contributed by atoms with Crippen molar-refractivity contribution in [1.29, 1.82) is 0 Å². The summed E-state index contributed by atoms with van der Waals surface area (Å²) in [7, 11) is -4.09. The second-order valence-corrected chi connectivity index (χ2v) is 36.6. The van der Waals surface area contributed by atoms with Crippen molar-refractivity contribution in [2.45, 2.75) is 0 Å². The van der Waals surface area contributed by atoms with Crippen molar-refractivity contribution in [1.82, 2.24) is 0 Å². The largest absolute Gasteiger partial charge is 0.309 e. The minimum atomic E-state index is -3.29. The molecule has 23 aromatic carbocycles. The molecule has 3 nitrogen and oxygen atoms in total. The van der Waals surface area contributed by atoms with Gasteiger partial charge in [-0.3, -0.25) is 10.5 Å². The van der Waals surface area contributed by atoms with Gasteiger partial charge in [0.2, 0.25) is 0 Å². The minimum absolute atomic E-state index is 0.800. The Balaban J connectivity index is 0.000000108. The molecule has 0 unspecified atom stereocenters. The third-order valence-electron chi connectivity index (χ3n) is 21.7. The Morgan fingerprint density at radius 3 is 0.804 bits per heavy atom. The van der Waals surface area contributed by atoms with Crippen LogP contribution in [0.5, 0.6) is 0 Å². The number of hydrogen-bond donors (Lipinski definition) is 2. The molecular formula is C98H62BrCl2O3P3. The zero-order chi connectivity index (χ0) is 72.0. The standard InChI is InChI=1S/C38H23OP.C38H23P.C16H9Br.C6H5Cl2P.H2O2/c39-40(30-10-2-1-3-11-30,33-22-18-28-14-12-24-6-4-8-26-16-20-31(33)37(28)35(24)26)34-23-19-29-15-13-25-7-5-9-27-17-21-32(34)38(29)36(25)27;1-2-10-30(11-3-1)39(33-22-18-28-14-12-24-6-4-8-26-16-20-31(33)37(28)35(24)26)34-23-19-29-15-13-25-7-5-9-27-17-21-32(34)38(29)36(25)27;17-14-9-7-12-5-4-10-2-1-3-11-6-8-13(14)16(12)15(10)11;7-9(8)6-4-2-1-3-5-6;1-2/h1-23H;1-23H;1-9H;1-5H;1-2H. The first-order valence-electron chi connectivity index (χ1n) is 35.6. The lowest BCUT2D eigenvalue weighted by Crippen LogP contribution is -2.26. The molecule has 0 aromatic heterocycles. The van der Waals surface area contributed by atoms with Crippen molar-refractivity contribution in [3.63, 3.8) is 0 Å². The zero-order valence-electron chi connectivity index (χ0n) is 57.4. The van der Waals surface area contributed by atoms with Crippen molar-refractivity contribution in [3.8, 4) is 0 Å². The van der Waals surface area contributed by atoms with Gasteiger partial charge in [0, 0.05) is 25.7 Å². The zero-order valence-corrected chi connectivity index (χ0v) is 63.2. The van der Waals surface area contributed by atoms with E-state index in [1.54, 1.807) is 0 Å². The third-order valence-corrected chi connectivity index (χ3v) is 30.0. The van der Waals surface area contributed by atoms with Gasteiger partial charge in [-0.05, 0) is 204 Å². The first kappa shape index (κ1) is 67.0. The number of rotatable bonds is 7. The highest BCUT2D eigenvalue weighted by atomic mass is 79.9. The summed E-state index contributed by atoms with van der Waals surface area (Å²) in [5.41, 5.74) is 0. The molecule has 0 spiro atoms. The summed E-state index contributed by atoms with van der Waals surface area (Å²) < 4.78 is 17.3. The van der Waals surface area contributed by atoms with E-state index in [-0.39, 0.29) is 0 Å². The summed E-state index contributed by atoms with van der Waals surface area (Å²) in [6.07, 6.45) is 0. The fourth-order valence-electron chi connectivity index (χ4n) is 17.1. The summed E-state index contributed by atoms with van der Waals surface area (Å²) in [4.78, 5) is 0. The lowest BCUT2D eigenvalue weighted by atomic mass is 9.94. The first-order valence-corrected chi connectivity index (χ1v) is 42.6. The van der Waals surface area contributed by atoms with Crippen LogP contribution in [0.1, 0.15) is 0 Å². The van der Waals surface area contributed by atoms with Crippen LogP contribution in [0.3, 0.4) is 0 Å². The van der Waals surface area contributed by atoms with Crippen LogP contribution in [0.15, 0.2) is 368 Å². The Morgan fingerprint density at radius 2 is 0.477 bits per heavy atom. The second kappa shape index (κ2) is 27.6. The molecule has 0 amide bonds. The molecule has 0 heterocycles. The van der Waals surface area contributed by atoms with E-state index in [2.05, 4.69) is 319 Å². The van der Waals surface area contributed by atoms with E-state index >= 15 is 4.57 Å². The van der Waals surface area contributed by atoms with Crippen LogP contribution < -0.4 is 37.1 Å². The molecule has 0 atom stereocenters. The van der Waals surface area contributed by atoms with E-state index in [1.807, 2.05) is 60.7 Å². The topological polar surface area (TPSA) is 57.5 Å². The van der Waals surface area contributed by atoms with E-state index in [0.717, 1.165) is 32.0 Å². The van der Waals surface area contributed by atoms with Crippen LogP contribution in [0.4, 0.5) is 0 Å². The van der Waals surface area contributed by atoms with Gasteiger partial charge in [0.1, 0.15) is 6.63 Å². The van der Waals surface area contributed by atoms with Gasteiger partial charge in [0.25, 0.3) is 0 Å². The van der Waals surface area contributed by atoms with Crippen molar-refractivity contribution in [2.24, 2.45) is 0 Å². The molecule has 0 aliphatic rings. The van der Waals surface area contributed by atoms with Crippen LogP contribution in [0.25, 0.3) is 162 Å². The lowest BCUT2D eigenvalue weighted by molar-refractivity contribution is -0.176. The number of hydrogen-bond acceptors (Lipinski definition) is 3. The molecule has 23 aromatic rings. The summed E-state index contributed by atoms with van der Waals surface area (Å²) in [5.74, 6) is 0. The van der Waals surface area contributed by atoms with Crippen LogP contribution in [-0.2, 0) is 4.57 Å². The van der Waals surface area contributed by atoms with Crippen molar-refractivity contribution >= 4 is 259 Å². The van der Waals surface area contributed by atoms with Crippen LogP contribution in [0, 0.1) is 0 Å². The van der Waals surface area contributed by atoms with Gasteiger partial charge in [-0.25, -0.2) is 0 Å². The molecule has 0 aliphatic heterocycles. The molecule has 0 saturated heterocycles. The van der Waals surface area contributed by atoms with E-state index in [4.69, 9.17) is 33.0 Å². The van der Waals surface area contributed by atoms with Crippen molar-refractivity contribution < 1.29 is 15.1 Å². The summed E-state index contributed by atoms with van der Waals surface area (Å²) >= 11 is 14.9. The van der Waals surface area contributed by atoms with E-state index in [0.29, 0.717) is 0 Å². The quantitative estimate of drug-likeness (QED) is 0.0724. The van der Waals surface area contributed by atoms with Crippen LogP contribution >= 0.6 is 60.1 Å². The Labute approximate surface area is 637 Å². The van der Waals surface area contributed by atoms with Gasteiger partial charge in [-0.1, -0.05) is 384 Å². The van der Waals surface area contributed by atoms with Gasteiger partial charge in [0.15, 0.2) is 7.14 Å². The summed E-state index contributed by atoms with van der Waals surface area (Å²) in [6.45, 7) is -0.951. The minimum Gasteiger partial charge on any atom is -0.309 e. The molecule has 0 fully saturated rings. The molecule has 0 saturated carbocycles. The Morgan fingerprint density at radius 1 is 0.234 bits per heavy atom. The SMILES string of the molecule is Brc1ccc2ccc3cccc4ccc1c2c34.ClP(Cl)c1ccccc1.O=P(c1ccccc1)(c1ccc2ccc3cccc4ccc1c2c34)c1ccc2ccc3cccc4ccc1c2c34.OO.c1ccc(P(c2ccc3ccc4cccc5ccc2c3c45)c2ccc3ccc4cccc5ccc2c3c45)cc1. The Kier molecular flexibility index (Phi) is 17.3. The molecule has 508 valence electrons. The number of benzene rings is 23. The molecular weight excluding hydrogens is 1470 g/mol. The maximum Gasteiger partial charge on any atom is 0.172 e. The van der Waals surface area contributed by atoms with Crippen molar-refractivity contribution in [2.75, 3.05) is 0 Å². The Hall–Kier alpha value is -10.7. The fourth-order valence-corrected chi connectivity index (χ4v) is 24.2. The molecule has 0 radical (unpaired) electrons. The highest BCUT2D eigenvalue weighted by Crippen LogP contribution is 2.51. The monoisotopic (exact) mass is 1530 g/mol. The highest BCUT2D eigenvalue weighted by molar-refractivity contribution is 9.10. The predicted octanol–water partition coefficient (Wildman–Crippen LogP) is 26.8. The first-order chi connectivity index (χ1) is 52.7. The molecule has 0 aliphatic carbocycles. The normalized spacial score (nSPS) is 12.0. The summed E-state index contributed by atoms with van der Waals surface area (Å²) in [5, 5.41) is 58.3. The van der Waals surface area contributed by atoms with Gasteiger partial charge in [-0.15, -0.1) is 0 Å². The van der Waals surface area contributed by atoms with E-state index in [1.165, 1.54) is 171 Å². The molecule has 107 heavy (non-hydrogen) atoms. The van der Waals surface area contributed by atoms with Gasteiger partial charge in [-0.2, -0.15) is 0 Å². The maximum absolute atomic E-state index is 16.1. The smallest absolute Gasteiger partial charge is 0.172 e. The van der Waals surface area contributed by atoms with Crippen molar-refractivity contribution in [3.05, 3.63) is 368 Å². The molecule has 2 N–H and O–H groups in total. The maximum atomic E-state index is 16.1. The average Bonchev–Trinajstić information content (AvgIpc) is 0.710. The van der Waals surface area contributed by atoms with Crippen LogP contribution in [-0.4, -0.2) is 10.5 Å².